The lowest BCUT2D eigenvalue weighted by atomic mass is 9.99. The van der Waals surface area contributed by atoms with Crippen molar-refractivity contribution in [2.45, 2.75) is 51.1 Å². The van der Waals surface area contributed by atoms with Crippen LogP contribution in [0.4, 0.5) is 13.2 Å². The SMILES string of the molecule is FC(F)(F)C1CCc2nnc(COC3CCNCC3)n2C1. The van der Waals surface area contributed by atoms with Gasteiger partial charge < -0.3 is 14.6 Å². The van der Waals surface area contributed by atoms with Crippen molar-refractivity contribution in [2.24, 2.45) is 5.92 Å². The van der Waals surface area contributed by atoms with Crippen molar-refractivity contribution in [1.29, 1.82) is 0 Å². The van der Waals surface area contributed by atoms with Crippen LogP contribution in [0.15, 0.2) is 0 Å². The van der Waals surface area contributed by atoms with Crippen molar-refractivity contribution in [3.63, 3.8) is 0 Å². The van der Waals surface area contributed by atoms with E-state index in [0.717, 1.165) is 25.9 Å². The van der Waals surface area contributed by atoms with Gasteiger partial charge in [0, 0.05) is 13.0 Å². The fourth-order valence-electron chi connectivity index (χ4n) is 2.91. The Balaban J connectivity index is 1.64. The van der Waals surface area contributed by atoms with Gasteiger partial charge in [-0.15, -0.1) is 10.2 Å². The molecule has 0 bridgehead atoms. The van der Waals surface area contributed by atoms with Crippen LogP contribution in [0.2, 0.25) is 0 Å². The summed E-state index contributed by atoms with van der Waals surface area (Å²) in [6.45, 7) is 1.98. The molecule has 21 heavy (non-hydrogen) atoms. The van der Waals surface area contributed by atoms with Gasteiger partial charge in [0.25, 0.3) is 0 Å². The average Bonchev–Trinajstić information content (AvgIpc) is 2.87. The van der Waals surface area contributed by atoms with Gasteiger partial charge in [0.1, 0.15) is 12.4 Å². The summed E-state index contributed by atoms with van der Waals surface area (Å²) in [5, 5.41) is 11.2. The normalized spacial score (nSPS) is 24.0. The number of nitrogens with one attached hydrogen (secondary N) is 1. The van der Waals surface area contributed by atoms with Gasteiger partial charge in [0.2, 0.25) is 0 Å². The van der Waals surface area contributed by atoms with Crippen LogP contribution in [0.3, 0.4) is 0 Å². The van der Waals surface area contributed by atoms with Crippen LogP contribution in [0.1, 0.15) is 30.9 Å². The number of fused-ring (bicyclic) bond motifs is 1. The van der Waals surface area contributed by atoms with Crippen LogP contribution in [0, 0.1) is 5.92 Å². The molecule has 1 aromatic heterocycles. The van der Waals surface area contributed by atoms with Gasteiger partial charge in [-0.2, -0.15) is 13.2 Å². The summed E-state index contributed by atoms with van der Waals surface area (Å²) < 4.78 is 45.9. The molecule has 1 atom stereocenters. The van der Waals surface area contributed by atoms with E-state index < -0.39 is 12.1 Å². The number of alkyl halides is 3. The maximum absolute atomic E-state index is 12.9. The first-order valence-corrected chi connectivity index (χ1v) is 7.34. The molecule has 0 aliphatic carbocycles. The lowest BCUT2D eigenvalue weighted by molar-refractivity contribution is -0.182. The maximum atomic E-state index is 12.9. The molecule has 2 aliphatic rings. The molecule has 2 aliphatic heterocycles. The molecular weight excluding hydrogens is 285 g/mol. The number of rotatable bonds is 3. The minimum absolute atomic E-state index is 0.0866. The molecule has 0 radical (unpaired) electrons. The maximum Gasteiger partial charge on any atom is 0.393 e. The first-order valence-electron chi connectivity index (χ1n) is 7.34. The molecule has 1 fully saturated rings. The number of halogens is 3. The van der Waals surface area contributed by atoms with E-state index in [1.807, 2.05) is 0 Å². The third-order valence-corrected chi connectivity index (χ3v) is 4.22. The number of piperidine rings is 1. The fraction of sp³-hybridized carbons (Fsp3) is 0.846. The van der Waals surface area contributed by atoms with Gasteiger partial charge in [-0.3, -0.25) is 0 Å². The van der Waals surface area contributed by atoms with Crippen molar-refractivity contribution < 1.29 is 17.9 Å². The Kier molecular flexibility index (Phi) is 4.17. The minimum atomic E-state index is -4.16. The smallest absolute Gasteiger partial charge is 0.370 e. The third kappa shape index (κ3) is 3.37. The quantitative estimate of drug-likeness (QED) is 0.923. The standard InChI is InChI=1S/C13H19F3N4O/c14-13(15,16)9-1-2-11-18-19-12(20(11)7-9)8-21-10-3-5-17-6-4-10/h9-10,17H,1-8H2. The van der Waals surface area contributed by atoms with Gasteiger partial charge in [-0.05, 0) is 32.4 Å². The number of nitrogens with zero attached hydrogens (tertiary/aromatic N) is 3. The Bertz CT molecular complexity index is 482. The molecule has 1 saturated heterocycles. The van der Waals surface area contributed by atoms with E-state index in [0.29, 0.717) is 18.1 Å². The van der Waals surface area contributed by atoms with E-state index in [9.17, 15) is 13.2 Å². The molecule has 1 unspecified atom stereocenters. The first-order chi connectivity index (χ1) is 10.0. The molecule has 118 valence electrons. The van der Waals surface area contributed by atoms with E-state index in [1.165, 1.54) is 0 Å². The second kappa shape index (κ2) is 5.92. The molecule has 1 N–H and O–H groups in total. The van der Waals surface area contributed by atoms with Gasteiger partial charge in [0.15, 0.2) is 5.82 Å². The fourth-order valence-corrected chi connectivity index (χ4v) is 2.91. The summed E-state index contributed by atoms with van der Waals surface area (Å²) in [4.78, 5) is 0. The summed E-state index contributed by atoms with van der Waals surface area (Å²) in [5.41, 5.74) is 0. The predicted octanol–water partition coefficient (Wildman–Crippen LogP) is 1.67. The number of hydrogen-bond donors (Lipinski definition) is 1. The van der Waals surface area contributed by atoms with E-state index in [-0.39, 0.29) is 25.7 Å². The second-order valence-electron chi connectivity index (χ2n) is 5.68. The Morgan fingerprint density at radius 2 is 1.95 bits per heavy atom. The lowest BCUT2D eigenvalue weighted by Crippen LogP contribution is -2.34. The van der Waals surface area contributed by atoms with Crippen LogP contribution in [-0.2, 0) is 24.3 Å². The lowest BCUT2D eigenvalue weighted by Gasteiger charge is -2.27. The predicted molar refractivity (Wildman–Crippen MR) is 68.6 cm³/mol. The topological polar surface area (TPSA) is 52.0 Å². The highest BCUT2D eigenvalue weighted by Crippen LogP contribution is 2.34. The molecule has 1 aromatic rings. The van der Waals surface area contributed by atoms with Crippen LogP contribution in [0.25, 0.3) is 0 Å². The third-order valence-electron chi connectivity index (χ3n) is 4.22. The van der Waals surface area contributed by atoms with Crippen molar-refractivity contribution in [3.8, 4) is 0 Å². The molecule has 3 heterocycles. The van der Waals surface area contributed by atoms with Crippen molar-refractivity contribution in [2.75, 3.05) is 13.1 Å². The average molecular weight is 304 g/mol. The molecule has 3 rings (SSSR count). The monoisotopic (exact) mass is 304 g/mol. The molecule has 0 amide bonds. The number of aryl methyl sites for hydroxylation is 1. The van der Waals surface area contributed by atoms with Crippen LogP contribution in [0.5, 0.6) is 0 Å². The van der Waals surface area contributed by atoms with Gasteiger partial charge >= 0.3 is 6.18 Å². The summed E-state index contributed by atoms with van der Waals surface area (Å²) in [7, 11) is 0. The van der Waals surface area contributed by atoms with Gasteiger partial charge in [-0.25, -0.2) is 0 Å². The van der Waals surface area contributed by atoms with E-state index in [4.69, 9.17) is 4.74 Å². The number of aromatic nitrogens is 3. The molecule has 5 nitrogen and oxygen atoms in total. The van der Waals surface area contributed by atoms with Crippen molar-refractivity contribution in [3.05, 3.63) is 11.6 Å². The van der Waals surface area contributed by atoms with Crippen LogP contribution in [-0.4, -0.2) is 40.1 Å². The highest BCUT2D eigenvalue weighted by molar-refractivity contribution is 5.00. The van der Waals surface area contributed by atoms with Gasteiger partial charge in [0.05, 0.1) is 12.0 Å². The Labute approximate surface area is 120 Å². The summed E-state index contributed by atoms with van der Waals surface area (Å²) in [5.74, 6) is -0.157. The largest absolute Gasteiger partial charge is 0.393 e. The summed E-state index contributed by atoms with van der Waals surface area (Å²) >= 11 is 0. The van der Waals surface area contributed by atoms with E-state index in [1.54, 1.807) is 4.57 Å². The minimum Gasteiger partial charge on any atom is -0.370 e. The van der Waals surface area contributed by atoms with E-state index in [2.05, 4.69) is 15.5 Å². The second-order valence-corrected chi connectivity index (χ2v) is 5.68. The number of hydrogen-bond acceptors (Lipinski definition) is 4. The van der Waals surface area contributed by atoms with E-state index >= 15 is 0 Å². The highest BCUT2D eigenvalue weighted by atomic mass is 19.4. The Hall–Kier alpha value is -1.15. The van der Waals surface area contributed by atoms with Crippen LogP contribution < -0.4 is 5.32 Å². The Morgan fingerprint density at radius 1 is 1.19 bits per heavy atom. The molecule has 0 aromatic carbocycles. The zero-order chi connectivity index (χ0) is 14.9. The molecule has 8 heteroatoms. The van der Waals surface area contributed by atoms with Crippen LogP contribution >= 0.6 is 0 Å². The number of ether oxygens (including phenoxy) is 1. The zero-order valence-electron chi connectivity index (χ0n) is 11.7. The van der Waals surface area contributed by atoms with Gasteiger partial charge in [-0.1, -0.05) is 0 Å². The summed E-state index contributed by atoms with van der Waals surface area (Å²) in [6.07, 6.45) is -1.74. The zero-order valence-corrected chi connectivity index (χ0v) is 11.7. The van der Waals surface area contributed by atoms with Crippen molar-refractivity contribution >= 4 is 0 Å². The Morgan fingerprint density at radius 3 is 2.67 bits per heavy atom. The summed E-state index contributed by atoms with van der Waals surface area (Å²) in [6, 6.07) is 0. The molecule has 0 saturated carbocycles. The highest BCUT2D eigenvalue weighted by Gasteiger charge is 2.42. The first kappa shape index (κ1) is 14.8. The molecule has 0 spiro atoms. The molecular formula is C13H19F3N4O. The van der Waals surface area contributed by atoms with Crippen molar-refractivity contribution in [1.82, 2.24) is 20.1 Å².